The number of carboxylic acid groups (broad SMARTS) is 1. The van der Waals surface area contributed by atoms with Crippen LogP contribution in [0.5, 0.6) is 0 Å². The van der Waals surface area contributed by atoms with E-state index < -0.39 is 11.9 Å². The van der Waals surface area contributed by atoms with Crippen molar-refractivity contribution in [3.05, 3.63) is 0 Å². The fourth-order valence-corrected chi connectivity index (χ4v) is 1.39. The number of amides is 1. The van der Waals surface area contributed by atoms with E-state index in [0.29, 0.717) is 6.42 Å². The van der Waals surface area contributed by atoms with Gasteiger partial charge in [0.2, 0.25) is 5.91 Å². The average Bonchev–Trinajstić information content (AvgIpc) is 2.16. The number of rotatable bonds is 6. The predicted octanol–water partition coefficient (Wildman–Crippen LogP) is 1.31. The van der Waals surface area contributed by atoms with Gasteiger partial charge in [0.25, 0.3) is 0 Å². The highest BCUT2D eigenvalue weighted by atomic mass is 32.2. The van der Waals surface area contributed by atoms with E-state index in [1.165, 1.54) is 4.90 Å². The number of aliphatic carboxylic acids is 1. The van der Waals surface area contributed by atoms with Crippen LogP contribution < -0.4 is 0 Å². The molecule has 0 heterocycles. The van der Waals surface area contributed by atoms with E-state index in [4.69, 9.17) is 5.11 Å². The molecule has 0 saturated carbocycles. The molecule has 2 atom stereocenters. The van der Waals surface area contributed by atoms with Crippen LogP contribution in [-0.4, -0.2) is 47.0 Å². The average molecular weight is 233 g/mol. The number of nitrogens with zero attached hydrogens (tertiary/aromatic N) is 1. The largest absolute Gasteiger partial charge is 0.481 e. The predicted molar refractivity (Wildman–Crippen MR) is 62.0 cm³/mol. The van der Waals surface area contributed by atoms with Crippen molar-refractivity contribution in [2.45, 2.75) is 25.5 Å². The standard InChI is InChI=1S/C10H19NO3S/c1-7(10(13)14)6-11(3)9(12)5-8(2)15-4/h7-8H,5-6H2,1-4H3,(H,13,14). The molecule has 15 heavy (non-hydrogen) atoms. The van der Waals surface area contributed by atoms with Gasteiger partial charge in [-0.3, -0.25) is 9.59 Å². The van der Waals surface area contributed by atoms with Gasteiger partial charge in [-0.25, -0.2) is 0 Å². The molecule has 88 valence electrons. The van der Waals surface area contributed by atoms with Crippen LogP contribution in [0, 0.1) is 5.92 Å². The Morgan fingerprint density at radius 3 is 2.33 bits per heavy atom. The van der Waals surface area contributed by atoms with E-state index in [9.17, 15) is 9.59 Å². The Bertz CT molecular complexity index is 233. The van der Waals surface area contributed by atoms with E-state index in [-0.39, 0.29) is 17.7 Å². The molecule has 0 aromatic heterocycles. The van der Waals surface area contributed by atoms with E-state index >= 15 is 0 Å². The molecular formula is C10H19NO3S. The first kappa shape index (κ1) is 14.3. The monoisotopic (exact) mass is 233 g/mol. The molecule has 0 bridgehead atoms. The highest BCUT2D eigenvalue weighted by Crippen LogP contribution is 2.11. The van der Waals surface area contributed by atoms with E-state index in [2.05, 4.69) is 0 Å². The van der Waals surface area contributed by atoms with Crippen LogP contribution in [0.2, 0.25) is 0 Å². The zero-order valence-corrected chi connectivity index (χ0v) is 10.5. The van der Waals surface area contributed by atoms with Crippen molar-refractivity contribution in [1.29, 1.82) is 0 Å². The zero-order chi connectivity index (χ0) is 12.0. The Hall–Kier alpha value is -0.710. The molecule has 0 saturated heterocycles. The number of carbonyl (C=O) groups excluding carboxylic acids is 1. The van der Waals surface area contributed by atoms with Gasteiger partial charge >= 0.3 is 5.97 Å². The molecule has 0 aliphatic rings. The molecule has 0 aliphatic heterocycles. The summed E-state index contributed by atoms with van der Waals surface area (Å²) in [5.41, 5.74) is 0. The topological polar surface area (TPSA) is 57.6 Å². The van der Waals surface area contributed by atoms with Gasteiger partial charge in [-0.05, 0) is 6.26 Å². The highest BCUT2D eigenvalue weighted by Gasteiger charge is 2.18. The van der Waals surface area contributed by atoms with Crippen LogP contribution in [0.1, 0.15) is 20.3 Å². The lowest BCUT2D eigenvalue weighted by atomic mass is 10.1. The van der Waals surface area contributed by atoms with Crippen molar-refractivity contribution < 1.29 is 14.7 Å². The third kappa shape index (κ3) is 5.67. The molecule has 0 aromatic carbocycles. The Morgan fingerprint density at radius 2 is 1.93 bits per heavy atom. The Labute approximate surface area is 95.0 Å². The second kappa shape index (κ2) is 6.71. The minimum Gasteiger partial charge on any atom is -0.481 e. The maximum atomic E-state index is 11.6. The quantitative estimate of drug-likeness (QED) is 0.751. The van der Waals surface area contributed by atoms with Crippen molar-refractivity contribution >= 4 is 23.6 Å². The SMILES string of the molecule is CSC(C)CC(=O)N(C)CC(C)C(=O)O. The molecule has 0 fully saturated rings. The van der Waals surface area contributed by atoms with Crippen molar-refractivity contribution in [2.24, 2.45) is 5.92 Å². The summed E-state index contributed by atoms with van der Waals surface area (Å²) in [6.45, 7) is 3.86. The molecule has 4 nitrogen and oxygen atoms in total. The van der Waals surface area contributed by atoms with Crippen LogP contribution in [0.3, 0.4) is 0 Å². The first-order chi connectivity index (χ1) is 6.88. The lowest BCUT2D eigenvalue weighted by Gasteiger charge is -2.20. The van der Waals surface area contributed by atoms with Crippen LogP contribution in [0.25, 0.3) is 0 Å². The molecule has 5 heteroatoms. The summed E-state index contributed by atoms with van der Waals surface area (Å²) >= 11 is 1.63. The van der Waals surface area contributed by atoms with Crippen molar-refractivity contribution in [3.63, 3.8) is 0 Å². The smallest absolute Gasteiger partial charge is 0.308 e. The molecule has 0 rings (SSSR count). The summed E-state index contributed by atoms with van der Waals surface area (Å²) in [4.78, 5) is 23.7. The molecule has 0 radical (unpaired) electrons. The normalized spacial score (nSPS) is 14.4. The summed E-state index contributed by atoms with van der Waals surface area (Å²) in [6, 6.07) is 0. The summed E-state index contributed by atoms with van der Waals surface area (Å²) in [5.74, 6) is -1.37. The summed E-state index contributed by atoms with van der Waals surface area (Å²) in [7, 11) is 1.65. The summed E-state index contributed by atoms with van der Waals surface area (Å²) in [6.07, 6.45) is 2.42. The van der Waals surface area contributed by atoms with Gasteiger partial charge in [0, 0.05) is 25.3 Å². The van der Waals surface area contributed by atoms with Crippen molar-refractivity contribution in [3.8, 4) is 0 Å². The minimum absolute atomic E-state index is 0.00458. The Kier molecular flexibility index (Phi) is 6.40. The van der Waals surface area contributed by atoms with Gasteiger partial charge in [-0.2, -0.15) is 11.8 Å². The fraction of sp³-hybridized carbons (Fsp3) is 0.800. The van der Waals surface area contributed by atoms with Crippen molar-refractivity contribution in [1.82, 2.24) is 4.90 Å². The summed E-state index contributed by atoms with van der Waals surface area (Å²) < 4.78 is 0. The van der Waals surface area contributed by atoms with Gasteiger partial charge in [-0.15, -0.1) is 0 Å². The molecule has 2 unspecified atom stereocenters. The lowest BCUT2D eigenvalue weighted by Crippen LogP contribution is -2.34. The molecule has 1 N–H and O–H groups in total. The third-order valence-corrected chi connectivity index (χ3v) is 3.23. The van der Waals surface area contributed by atoms with Crippen LogP contribution in [-0.2, 0) is 9.59 Å². The van der Waals surface area contributed by atoms with Crippen LogP contribution in [0.4, 0.5) is 0 Å². The second-order valence-corrected chi connectivity index (χ2v) is 5.04. The highest BCUT2D eigenvalue weighted by molar-refractivity contribution is 7.99. The zero-order valence-electron chi connectivity index (χ0n) is 9.69. The molecule has 0 spiro atoms. The number of hydrogen-bond acceptors (Lipinski definition) is 3. The number of hydrogen-bond donors (Lipinski definition) is 1. The minimum atomic E-state index is -0.868. The van der Waals surface area contributed by atoms with Crippen LogP contribution >= 0.6 is 11.8 Å². The summed E-state index contributed by atoms with van der Waals surface area (Å²) in [5, 5.41) is 8.98. The van der Waals surface area contributed by atoms with Gasteiger partial charge in [0.1, 0.15) is 0 Å². The lowest BCUT2D eigenvalue weighted by molar-refractivity contribution is -0.142. The molecule has 0 aliphatic carbocycles. The number of carbonyl (C=O) groups is 2. The van der Waals surface area contributed by atoms with Gasteiger partial charge in [0.05, 0.1) is 5.92 Å². The Balaban J connectivity index is 4.04. The van der Waals surface area contributed by atoms with Crippen LogP contribution in [0.15, 0.2) is 0 Å². The first-order valence-electron chi connectivity index (χ1n) is 4.88. The van der Waals surface area contributed by atoms with Gasteiger partial charge < -0.3 is 10.0 Å². The molecular weight excluding hydrogens is 214 g/mol. The molecule has 0 aromatic rings. The number of carboxylic acids is 1. The number of thioether (sulfide) groups is 1. The first-order valence-corrected chi connectivity index (χ1v) is 6.16. The maximum absolute atomic E-state index is 11.6. The maximum Gasteiger partial charge on any atom is 0.308 e. The van der Waals surface area contributed by atoms with E-state index in [0.717, 1.165) is 0 Å². The fourth-order valence-electron chi connectivity index (χ4n) is 1.08. The Morgan fingerprint density at radius 1 is 1.40 bits per heavy atom. The van der Waals surface area contributed by atoms with E-state index in [1.54, 1.807) is 25.7 Å². The van der Waals surface area contributed by atoms with E-state index in [1.807, 2.05) is 13.2 Å². The van der Waals surface area contributed by atoms with Gasteiger partial charge in [0.15, 0.2) is 0 Å². The molecule has 1 amide bonds. The van der Waals surface area contributed by atoms with Gasteiger partial charge in [-0.1, -0.05) is 13.8 Å². The third-order valence-electron chi connectivity index (χ3n) is 2.26. The second-order valence-electron chi connectivity index (χ2n) is 3.76. The van der Waals surface area contributed by atoms with Crippen molar-refractivity contribution in [2.75, 3.05) is 19.8 Å².